The van der Waals surface area contributed by atoms with Crippen LogP contribution >= 0.6 is 0 Å². The number of methoxy groups -OCH3 is 1. The molecule has 0 fully saturated rings. The third-order valence-electron chi connectivity index (χ3n) is 2.98. The topological polar surface area (TPSA) is 34.4 Å². The first-order chi connectivity index (χ1) is 8.70. The van der Waals surface area contributed by atoms with Gasteiger partial charge in [-0.3, -0.25) is 0 Å². The Bertz CT molecular complexity index is 502. The van der Waals surface area contributed by atoms with E-state index in [4.69, 9.17) is 9.15 Å². The van der Waals surface area contributed by atoms with Crippen LogP contribution in [0, 0.1) is 5.92 Å². The number of rotatable bonds is 6. The van der Waals surface area contributed by atoms with Gasteiger partial charge in [-0.2, -0.15) is 0 Å². The molecule has 0 aliphatic carbocycles. The molecule has 2 rings (SSSR count). The van der Waals surface area contributed by atoms with Crippen LogP contribution in [0.2, 0.25) is 0 Å². The molecule has 18 heavy (non-hydrogen) atoms. The molecule has 0 bridgehead atoms. The molecule has 1 aromatic heterocycles. The Hall–Kier alpha value is -1.48. The smallest absolute Gasteiger partial charge is 0.134 e. The van der Waals surface area contributed by atoms with E-state index >= 15 is 0 Å². The summed E-state index contributed by atoms with van der Waals surface area (Å²) < 4.78 is 10.8. The van der Waals surface area contributed by atoms with Gasteiger partial charge < -0.3 is 14.5 Å². The van der Waals surface area contributed by atoms with Gasteiger partial charge in [-0.1, -0.05) is 13.8 Å². The molecule has 3 heteroatoms. The second-order valence-corrected chi connectivity index (χ2v) is 4.97. The fourth-order valence-corrected chi connectivity index (χ4v) is 2.00. The molecule has 0 aliphatic rings. The molecular formula is C15H21NO2. The highest BCUT2D eigenvalue weighted by Crippen LogP contribution is 2.25. The lowest BCUT2D eigenvalue weighted by atomic mass is 10.1. The SMILES string of the molecule is COc1ccc2occ(CCNCC(C)C)c2c1. The summed E-state index contributed by atoms with van der Waals surface area (Å²) in [5.74, 6) is 1.56. The van der Waals surface area contributed by atoms with E-state index in [0.29, 0.717) is 5.92 Å². The number of fused-ring (bicyclic) bond motifs is 1. The molecule has 0 unspecified atom stereocenters. The van der Waals surface area contributed by atoms with Crippen molar-refractivity contribution < 1.29 is 9.15 Å². The van der Waals surface area contributed by atoms with E-state index in [1.165, 1.54) is 5.56 Å². The van der Waals surface area contributed by atoms with E-state index in [-0.39, 0.29) is 0 Å². The number of benzene rings is 1. The van der Waals surface area contributed by atoms with E-state index in [1.54, 1.807) is 7.11 Å². The normalized spacial score (nSPS) is 11.3. The van der Waals surface area contributed by atoms with Crippen LogP contribution in [0.4, 0.5) is 0 Å². The maximum absolute atomic E-state index is 5.54. The molecule has 2 aromatic rings. The number of ether oxygens (including phenoxy) is 1. The van der Waals surface area contributed by atoms with Gasteiger partial charge in [-0.25, -0.2) is 0 Å². The van der Waals surface area contributed by atoms with Crippen LogP contribution in [0.5, 0.6) is 5.75 Å². The summed E-state index contributed by atoms with van der Waals surface area (Å²) >= 11 is 0. The minimum absolute atomic E-state index is 0.686. The molecule has 1 heterocycles. The van der Waals surface area contributed by atoms with Crippen molar-refractivity contribution in [1.82, 2.24) is 5.32 Å². The van der Waals surface area contributed by atoms with Crippen molar-refractivity contribution >= 4 is 11.0 Å². The monoisotopic (exact) mass is 247 g/mol. The van der Waals surface area contributed by atoms with E-state index in [9.17, 15) is 0 Å². The molecule has 0 amide bonds. The maximum Gasteiger partial charge on any atom is 0.134 e. The lowest BCUT2D eigenvalue weighted by Crippen LogP contribution is -2.21. The Kier molecular flexibility index (Phi) is 4.26. The molecule has 3 nitrogen and oxygen atoms in total. The predicted octanol–water partition coefficient (Wildman–Crippen LogP) is 3.23. The summed E-state index contributed by atoms with van der Waals surface area (Å²) in [5, 5.41) is 4.60. The van der Waals surface area contributed by atoms with Crippen LogP contribution in [-0.2, 0) is 6.42 Å². The maximum atomic E-state index is 5.54. The Labute approximate surface area is 108 Å². The van der Waals surface area contributed by atoms with Crippen LogP contribution in [-0.4, -0.2) is 20.2 Å². The number of hydrogen-bond donors (Lipinski definition) is 1. The third-order valence-corrected chi connectivity index (χ3v) is 2.98. The second kappa shape index (κ2) is 5.91. The highest BCUT2D eigenvalue weighted by atomic mass is 16.5. The summed E-state index contributed by atoms with van der Waals surface area (Å²) in [7, 11) is 1.69. The fourth-order valence-electron chi connectivity index (χ4n) is 2.00. The highest BCUT2D eigenvalue weighted by molar-refractivity contribution is 5.82. The zero-order valence-corrected chi connectivity index (χ0v) is 11.3. The minimum atomic E-state index is 0.686. The average molecular weight is 247 g/mol. The summed E-state index contributed by atoms with van der Waals surface area (Å²) in [4.78, 5) is 0. The molecule has 0 spiro atoms. The van der Waals surface area contributed by atoms with Crippen LogP contribution in [0.25, 0.3) is 11.0 Å². The van der Waals surface area contributed by atoms with Gasteiger partial charge in [0.15, 0.2) is 0 Å². The largest absolute Gasteiger partial charge is 0.497 e. The average Bonchev–Trinajstić information content (AvgIpc) is 2.76. The van der Waals surface area contributed by atoms with Crippen molar-refractivity contribution in [3.63, 3.8) is 0 Å². The number of hydrogen-bond acceptors (Lipinski definition) is 3. The first-order valence-electron chi connectivity index (χ1n) is 6.45. The summed E-state index contributed by atoms with van der Waals surface area (Å²) in [5.41, 5.74) is 2.16. The Balaban J connectivity index is 2.04. The molecule has 0 saturated carbocycles. The van der Waals surface area contributed by atoms with Crippen molar-refractivity contribution in [2.24, 2.45) is 5.92 Å². The molecule has 0 aliphatic heterocycles. The first kappa shape index (κ1) is 13.0. The first-order valence-corrected chi connectivity index (χ1v) is 6.45. The van der Waals surface area contributed by atoms with Gasteiger partial charge in [-0.05, 0) is 49.2 Å². The lowest BCUT2D eigenvalue weighted by Gasteiger charge is -2.06. The molecule has 0 saturated heterocycles. The van der Waals surface area contributed by atoms with E-state index in [0.717, 1.165) is 36.2 Å². The second-order valence-electron chi connectivity index (χ2n) is 4.97. The van der Waals surface area contributed by atoms with Gasteiger partial charge in [0.25, 0.3) is 0 Å². The van der Waals surface area contributed by atoms with Gasteiger partial charge in [-0.15, -0.1) is 0 Å². The van der Waals surface area contributed by atoms with Gasteiger partial charge in [0.05, 0.1) is 13.4 Å². The number of furan rings is 1. The molecule has 1 N–H and O–H groups in total. The number of nitrogens with one attached hydrogen (secondary N) is 1. The summed E-state index contributed by atoms with van der Waals surface area (Å²) in [6, 6.07) is 5.92. The van der Waals surface area contributed by atoms with E-state index < -0.39 is 0 Å². The molecule has 0 atom stereocenters. The van der Waals surface area contributed by atoms with Crippen LogP contribution in [0.3, 0.4) is 0 Å². The van der Waals surface area contributed by atoms with Crippen LogP contribution < -0.4 is 10.1 Å². The predicted molar refractivity (Wildman–Crippen MR) is 74.2 cm³/mol. The Morgan fingerprint density at radius 3 is 2.89 bits per heavy atom. The fraction of sp³-hybridized carbons (Fsp3) is 0.467. The van der Waals surface area contributed by atoms with Crippen molar-refractivity contribution in [3.05, 3.63) is 30.0 Å². The lowest BCUT2D eigenvalue weighted by molar-refractivity contribution is 0.415. The van der Waals surface area contributed by atoms with Crippen LogP contribution in [0.1, 0.15) is 19.4 Å². The standard InChI is InChI=1S/C15H21NO2/c1-11(2)9-16-7-6-12-10-18-15-5-4-13(17-3)8-14(12)15/h4-5,8,10-11,16H,6-7,9H2,1-3H3. The Morgan fingerprint density at radius 2 is 2.17 bits per heavy atom. The van der Waals surface area contributed by atoms with Gasteiger partial charge in [0.1, 0.15) is 11.3 Å². The van der Waals surface area contributed by atoms with Gasteiger partial charge in [0.2, 0.25) is 0 Å². The van der Waals surface area contributed by atoms with Crippen molar-refractivity contribution in [2.45, 2.75) is 20.3 Å². The minimum Gasteiger partial charge on any atom is -0.497 e. The highest BCUT2D eigenvalue weighted by Gasteiger charge is 2.06. The summed E-state index contributed by atoms with van der Waals surface area (Å²) in [6.45, 7) is 6.46. The van der Waals surface area contributed by atoms with Crippen molar-refractivity contribution in [1.29, 1.82) is 0 Å². The van der Waals surface area contributed by atoms with Crippen molar-refractivity contribution in [3.8, 4) is 5.75 Å². The van der Waals surface area contributed by atoms with Crippen LogP contribution in [0.15, 0.2) is 28.9 Å². The third kappa shape index (κ3) is 3.05. The quantitative estimate of drug-likeness (QED) is 0.796. The molecular weight excluding hydrogens is 226 g/mol. The zero-order chi connectivity index (χ0) is 13.0. The van der Waals surface area contributed by atoms with E-state index in [2.05, 4.69) is 19.2 Å². The molecule has 98 valence electrons. The van der Waals surface area contributed by atoms with Gasteiger partial charge in [0, 0.05) is 5.39 Å². The molecule has 0 radical (unpaired) electrons. The van der Waals surface area contributed by atoms with Gasteiger partial charge >= 0.3 is 0 Å². The molecule has 1 aromatic carbocycles. The summed E-state index contributed by atoms with van der Waals surface area (Å²) in [6.07, 6.45) is 2.83. The van der Waals surface area contributed by atoms with Crippen molar-refractivity contribution in [2.75, 3.05) is 20.2 Å². The van der Waals surface area contributed by atoms with E-state index in [1.807, 2.05) is 24.5 Å². The Morgan fingerprint density at radius 1 is 1.33 bits per heavy atom. The zero-order valence-electron chi connectivity index (χ0n) is 11.3.